The zero-order chi connectivity index (χ0) is 13.0. The molecule has 1 atom stereocenters. The van der Waals surface area contributed by atoms with E-state index < -0.39 is 6.04 Å². The lowest BCUT2D eigenvalue weighted by molar-refractivity contribution is -0.131. The van der Waals surface area contributed by atoms with Crippen molar-refractivity contribution >= 4 is 17.2 Å². The van der Waals surface area contributed by atoms with Gasteiger partial charge in [-0.15, -0.1) is 11.3 Å². The lowest BCUT2D eigenvalue weighted by Gasteiger charge is -2.23. The lowest BCUT2D eigenvalue weighted by Crippen LogP contribution is -2.39. The molecule has 5 heteroatoms. The molecule has 0 saturated carbocycles. The van der Waals surface area contributed by atoms with E-state index in [4.69, 9.17) is 5.73 Å². The highest BCUT2D eigenvalue weighted by molar-refractivity contribution is 7.10. The zero-order valence-corrected chi connectivity index (χ0v) is 11.7. The summed E-state index contributed by atoms with van der Waals surface area (Å²) in [6.45, 7) is 4.05. The largest absolute Gasteiger partial charge is 0.343 e. The van der Waals surface area contributed by atoms with Crippen molar-refractivity contribution in [1.29, 1.82) is 0 Å². The summed E-state index contributed by atoms with van der Waals surface area (Å²) in [4.78, 5) is 17.2. The Balaban J connectivity index is 1.80. The molecule has 1 aromatic heterocycles. The summed E-state index contributed by atoms with van der Waals surface area (Å²) in [5, 5.41) is 1.95. The number of hydrogen-bond donors (Lipinski definition) is 1. The zero-order valence-electron chi connectivity index (χ0n) is 10.8. The van der Waals surface area contributed by atoms with Gasteiger partial charge in [0.1, 0.15) is 6.04 Å². The van der Waals surface area contributed by atoms with Gasteiger partial charge in [-0.2, -0.15) is 0 Å². The highest BCUT2D eigenvalue weighted by Gasteiger charge is 2.21. The molecule has 0 radical (unpaired) electrons. The third-order valence-electron chi connectivity index (χ3n) is 3.44. The molecular weight excluding hydrogens is 246 g/mol. The molecule has 1 aliphatic rings. The van der Waals surface area contributed by atoms with Crippen molar-refractivity contribution in [3.63, 3.8) is 0 Å². The van der Waals surface area contributed by atoms with Crippen molar-refractivity contribution in [2.45, 2.75) is 18.9 Å². The third-order valence-corrected chi connectivity index (χ3v) is 4.40. The fourth-order valence-electron chi connectivity index (χ4n) is 2.24. The van der Waals surface area contributed by atoms with E-state index in [9.17, 15) is 4.79 Å². The monoisotopic (exact) mass is 267 g/mol. The Labute approximate surface area is 112 Å². The fraction of sp³-hybridized carbons (Fsp3) is 0.615. The summed E-state index contributed by atoms with van der Waals surface area (Å²) in [6, 6.07) is 3.34. The van der Waals surface area contributed by atoms with Gasteiger partial charge in [0.05, 0.1) is 0 Å². The Morgan fingerprint density at radius 3 is 2.89 bits per heavy atom. The van der Waals surface area contributed by atoms with E-state index in [1.807, 2.05) is 24.6 Å². The molecule has 1 aromatic rings. The molecule has 0 aromatic carbocycles. The average molecular weight is 267 g/mol. The van der Waals surface area contributed by atoms with Gasteiger partial charge in [-0.25, -0.2) is 0 Å². The maximum absolute atomic E-state index is 12.1. The first-order valence-electron chi connectivity index (χ1n) is 6.45. The summed E-state index contributed by atoms with van der Waals surface area (Å²) in [5.41, 5.74) is 5.97. The van der Waals surface area contributed by atoms with Crippen LogP contribution in [-0.2, 0) is 4.79 Å². The van der Waals surface area contributed by atoms with E-state index in [0.717, 1.165) is 18.0 Å². The van der Waals surface area contributed by atoms with Crippen LogP contribution in [0.15, 0.2) is 17.5 Å². The Bertz CT molecular complexity index is 374. The maximum atomic E-state index is 12.1. The van der Waals surface area contributed by atoms with Crippen molar-refractivity contribution in [2.75, 3.05) is 33.2 Å². The number of nitrogens with two attached hydrogens (primary N) is 1. The summed E-state index contributed by atoms with van der Waals surface area (Å²) in [7, 11) is 1.84. The molecule has 18 heavy (non-hydrogen) atoms. The van der Waals surface area contributed by atoms with E-state index in [0.29, 0.717) is 0 Å². The van der Waals surface area contributed by atoms with E-state index in [2.05, 4.69) is 4.90 Å². The van der Waals surface area contributed by atoms with Crippen molar-refractivity contribution in [1.82, 2.24) is 9.80 Å². The van der Waals surface area contributed by atoms with Gasteiger partial charge in [0.2, 0.25) is 5.91 Å². The van der Waals surface area contributed by atoms with Gasteiger partial charge in [-0.3, -0.25) is 4.79 Å². The smallest absolute Gasteiger partial charge is 0.244 e. The van der Waals surface area contributed by atoms with Gasteiger partial charge in [0.15, 0.2) is 0 Å². The van der Waals surface area contributed by atoms with Crippen LogP contribution in [0.1, 0.15) is 23.8 Å². The first-order chi connectivity index (χ1) is 8.68. The number of thiophene rings is 1. The third kappa shape index (κ3) is 3.31. The quantitative estimate of drug-likeness (QED) is 0.875. The minimum Gasteiger partial charge on any atom is -0.343 e. The number of nitrogens with zero attached hydrogens (tertiary/aromatic N) is 2. The molecule has 1 amide bonds. The van der Waals surface area contributed by atoms with E-state index >= 15 is 0 Å². The molecule has 0 aliphatic carbocycles. The van der Waals surface area contributed by atoms with Crippen LogP contribution >= 0.6 is 11.3 Å². The average Bonchev–Trinajstić information content (AvgIpc) is 3.06. The van der Waals surface area contributed by atoms with Gasteiger partial charge in [-0.05, 0) is 37.4 Å². The Morgan fingerprint density at radius 1 is 1.56 bits per heavy atom. The van der Waals surface area contributed by atoms with Crippen LogP contribution in [0.5, 0.6) is 0 Å². The van der Waals surface area contributed by atoms with Gasteiger partial charge in [0.25, 0.3) is 0 Å². The minimum absolute atomic E-state index is 0.0108. The van der Waals surface area contributed by atoms with E-state index in [1.165, 1.54) is 37.3 Å². The van der Waals surface area contributed by atoms with Crippen molar-refractivity contribution < 1.29 is 4.79 Å². The molecule has 2 rings (SSSR count). The summed E-state index contributed by atoms with van der Waals surface area (Å²) >= 11 is 1.54. The summed E-state index contributed by atoms with van der Waals surface area (Å²) in [6.07, 6.45) is 2.57. The summed E-state index contributed by atoms with van der Waals surface area (Å²) < 4.78 is 0. The maximum Gasteiger partial charge on any atom is 0.244 e. The van der Waals surface area contributed by atoms with Crippen molar-refractivity contribution in [3.05, 3.63) is 22.4 Å². The van der Waals surface area contributed by atoms with Crippen LogP contribution in [0.25, 0.3) is 0 Å². The Morgan fingerprint density at radius 2 is 2.28 bits per heavy atom. The van der Waals surface area contributed by atoms with E-state index in [-0.39, 0.29) is 5.91 Å². The van der Waals surface area contributed by atoms with Gasteiger partial charge >= 0.3 is 0 Å². The van der Waals surface area contributed by atoms with Crippen LogP contribution in [0.2, 0.25) is 0 Å². The summed E-state index contributed by atoms with van der Waals surface area (Å²) in [5.74, 6) is 0.0108. The molecule has 1 unspecified atom stereocenters. The normalized spacial score (nSPS) is 17.9. The first-order valence-corrected chi connectivity index (χ1v) is 7.33. The number of hydrogen-bond acceptors (Lipinski definition) is 4. The minimum atomic E-state index is -0.506. The van der Waals surface area contributed by atoms with Crippen molar-refractivity contribution in [2.24, 2.45) is 5.73 Å². The Hall–Kier alpha value is -0.910. The molecule has 1 fully saturated rings. The topological polar surface area (TPSA) is 49.6 Å². The van der Waals surface area contributed by atoms with Crippen molar-refractivity contribution in [3.8, 4) is 0 Å². The number of rotatable bonds is 5. The van der Waals surface area contributed by atoms with Crippen LogP contribution in [0, 0.1) is 0 Å². The van der Waals surface area contributed by atoms with Crippen LogP contribution in [0.4, 0.5) is 0 Å². The van der Waals surface area contributed by atoms with E-state index in [1.54, 1.807) is 4.90 Å². The molecule has 0 spiro atoms. The second kappa shape index (κ2) is 6.31. The number of likely N-dealkylation sites (N-methyl/N-ethyl adjacent to an activating group) is 1. The highest BCUT2D eigenvalue weighted by atomic mass is 32.1. The Kier molecular flexibility index (Phi) is 4.74. The molecular formula is C13H21N3OS. The molecule has 0 bridgehead atoms. The van der Waals surface area contributed by atoms with Gasteiger partial charge in [0, 0.05) is 25.0 Å². The molecule has 2 heterocycles. The first kappa shape index (κ1) is 13.5. The number of amides is 1. The highest BCUT2D eigenvalue weighted by Crippen LogP contribution is 2.18. The van der Waals surface area contributed by atoms with Crippen LogP contribution in [0.3, 0.4) is 0 Å². The molecule has 1 saturated heterocycles. The lowest BCUT2D eigenvalue weighted by atomic mass is 10.2. The van der Waals surface area contributed by atoms with Crippen LogP contribution in [-0.4, -0.2) is 48.9 Å². The number of likely N-dealkylation sites (tertiary alicyclic amines) is 1. The fourth-order valence-corrected chi connectivity index (χ4v) is 2.95. The number of carbonyl (C=O) groups is 1. The standard InChI is InChI=1S/C13H21N3OS/c1-15(8-9-16-6-2-3-7-16)13(17)12(14)11-5-4-10-18-11/h4-5,10,12H,2-3,6-9,14H2,1H3. The predicted molar refractivity (Wildman–Crippen MR) is 74.6 cm³/mol. The van der Waals surface area contributed by atoms with Gasteiger partial charge < -0.3 is 15.5 Å². The molecule has 4 nitrogen and oxygen atoms in total. The molecule has 100 valence electrons. The second-order valence-corrected chi connectivity index (χ2v) is 5.78. The SMILES string of the molecule is CN(CCN1CCCC1)C(=O)C(N)c1cccs1. The molecule has 2 N–H and O–H groups in total. The number of carbonyl (C=O) groups excluding carboxylic acids is 1. The predicted octanol–water partition coefficient (Wildman–Crippen LogP) is 1.30. The van der Waals surface area contributed by atoms with Gasteiger partial charge in [-0.1, -0.05) is 6.07 Å². The van der Waals surface area contributed by atoms with Crippen LogP contribution < -0.4 is 5.73 Å². The second-order valence-electron chi connectivity index (χ2n) is 4.80. The molecule has 1 aliphatic heterocycles.